The van der Waals surface area contributed by atoms with Gasteiger partial charge in [-0.25, -0.2) is 14.5 Å². The number of carbonyl (C=O) groups excluding carboxylic acids is 1. The summed E-state index contributed by atoms with van der Waals surface area (Å²) < 4.78 is 6.91. The number of carbonyl (C=O) groups is 1. The molecular weight excluding hydrogens is 374 g/mol. The van der Waals surface area contributed by atoms with Crippen molar-refractivity contribution in [3.8, 4) is 0 Å². The third-order valence-corrected chi connectivity index (χ3v) is 4.67. The van der Waals surface area contributed by atoms with Gasteiger partial charge in [-0.1, -0.05) is 53.7 Å². The molecule has 2 aromatic carbocycles. The molecule has 1 N–H and O–H groups in total. The summed E-state index contributed by atoms with van der Waals surface area (Å²) in [5.74, 6) is -0.523. The monoisotopic (exact) mass is 391 g/mol. The molecule has 2 heterocycles. The minimum Gasteiger partial charge on any atom is -0.454 e. The summed E-state index contributed by atoms with van der Waals surface area (Å²) in [5, 5.41) is 13.7. The van der Waals surface area contributed by atoms with Crippen LogP contribution in [0.15, 0.2) is 72.2 Å². The maximum Gasteiger partial charge on any atom is 0.360 e. The van der Waals surface area contributed by atoms with Crippen molar-refractivity contribution in [2.45, 2.75) is 13.2 Å². The first-order valence-corrected chi connectivity index (χ1v) is 9.52. The van der Waals surface area contributed by atoms with Crippen LogP contribution in [0.1, 0.15) is 21.7 Å². The zero-order valence-electron chi connectivity index (χ0n) is 14.9. The summed E-state index contributed by atoms with van der Waals surface area (Å²) in [6.07, 6.45) is 1.58. The Hall–Kier alpha value is -3.52. The second kappa shape index (κ2) is 8.45. The van der Waals surface area contributed by atoms with E-state index in [4.69, 9.17) is 4.74 Å². The predicted octanol–water partition coefficient (Wildman–Crippen LogP) is 3.88. The van der Waals surface area contributed by atoms with E-state index in [2.05, 4.69) is 20.6 Å². The topological polar surface area (TPSA) is 81.9 Å². The Morgan fingerprint density at radius 3 is 2.61 bits per heavy atom. The summed E-state index contributed by atoms with van der Waals surface area (Å²) in [6.45, 7) is 0.624. The molecule has 140 valence electrons. The molecule has 0 atom stereocenters. The lowest BCUT2D eigenvalue weighted by Crippen LogP contribution is -2.06. The van der Waals surface area contributed by atoms with Crippen LogP contribution >= 0.6 is 11.3 Å². The molecule has 0 aliphatic rings. The zero-order valence-corrected chi connectivity index (χ0v) is 15.7. The van der Waals surface area contributed by atoms with Crippen molar-refractivity contribution >= 4 is 28.1 Å². The van der Waals surface area contributed by atoms with Crippen molar-refractivity contribution in [1.82, 2.24) is 20.0 Å². The zero-order chi connectivity index (χ0) is 19.2. The first-order valence-electron chi connectivity index (χ1n) is 8.64. The number of aromatic nitrogens is 4. The maximum absolute atomic E-state index is 12.2. The van der Waals surface area contributed by atoms with E-state index in [1.54, 1.807) is 10.9 Å². The summed E-state index contributed by atoms with van der Waals surface area (Å²) in [4.78, 5) is 16.6. The van der Waals surface area contributed by atoms with Gasteiger partial charge in [0, 0.05) is 11.1 Å². The molecule has 0 unspecified atom stereocenters. The van der Waals surface area contributed by atoms with E-state index in [0.29, 0.717) is 12.2 Å². The molecule has 0 bridgehead atoms. The van der Waals surface area contributed by atoms with Gasteiger partial charge in [-0.05, 0) is 17.7 Å². The SMILES string of the molecule is O=C(OCc1csc(Nc2ccccc2)n1)c1cn(Cc2ccccc2)nn1. The molecule has 8 heteroatoms. The van der Waals surface area contributed by atoms with Gasteiger partial charge < -0.3 is 10.1 Å². The Balaban J connectivity index is 1.31. The van der Waals surface area contributed by atoms with Crippen LogP contribution in [0.25, 0.3) is 0 Å². The van der Waals surface area contributed by atoms with E-state index in [-0.39, 0.29) is 12.3 Å². The lowest BCUT2D eigenvalue weighted by Gasteiger charge is -2.01. The van der Waals surface area contributed by atoms with E-state index in [0.717, 1.165) is 16.4 Å². The molecule has 0 amide bonds. The summed E-state index contributed by atoms with van der Waals surface area (Å²) in [7, 11) is 0. The fourth-order valence-electron chi connectivity index (χ4n) is 2.53. The van der Waals surface area contributed by atoms with Gasteiger partial charge in [0.2, 0.25) is 0 Å². The average molecular weight is 391 g/mol. The van der Waals surface area contributed by atoms with Crippen LogP contribution in [0.2, 0.25) is 0 Å². The molecule has 2 aromatic heterocycles. The highest BCUT2D eigenvalue weighted by Gasteiger charge is 2.14. The normalized spacial score (nSPS) is 10.6. The van der Waals surface area contributed by atoms with Crippen LogP contribution in [0.5, 0.6) is 0 Å². The van der Waals surface area contributed by atoms with Gasteiger partial charge in [-0.3, -0.25) is 0 Å². The van der Waals surface area contributed by atoms with Gasteiger partial charge in [-0.15, -0.1) is 16.4 Å². The number of hydrogen-bond acceptors (Lipinski definition) is 7. The molecule has 0 aliphatic heterocycles. The van der Waals surface area contributed by atoms with E-state index >= 15 is 0 Å². The van der Waals surface area contributed by atoms with Crippen LogP contribution in [0.3, 0.4) is 0 Å². The maximum atomic E-state index is 12.2. The minimum absolute atomic E-state index is 0.0807. The van der Waals surface area contributed by atoms with Gasteiger partial charge in [0.15, 0.2) is 10.8 Å². The molecule has 4 rings (SSSR count). The Kier molecular flexibility index (Phi) is 5.39. The van der Waals surface area contributed by atoms with E-state index in [1.165, 1.54) is 11.3 Å². The number of para-hydroxylation sites is 1. The number of hydrogen-bond donors (Lipinski definition) is 1. The number of anilines is 2. The van der Waals surface area contributed by atoms with Crippen molar-refractivity contribution < 1.29 is 9.53 Å². The Morgan fingerprint density at radius 1 is 1.07 bits per heavy atom. The lowest BCUT2D eigenvalue weighted by molar-refractivity contribution is 0.0461. The fourth-order valence-corrected chi connectivity index (χ4v) is 3.24. The van der Waals surface area contributed by atoms with Crippen molar-refractivity contribution in [1.29, 1.82) is 0 Å². The van der Waals surface area contributed by atoms with Crippen LogP contribution in [-0.2, 0) is 17.9 Å². The molecule has 0 spiro atoms. The molecule has 0 fully saturated rings. The quantitative estimate of drug-likeness (QED) is 0.482. The predicted molar refractivity (Wildman–Crippen MR) is 107 cm³/mol. The number of benzene rings is 2. The van der Waals surface area contributed by atoms with Gasteiger partial charge in [0.05, 0.1) is 18.4 Å². The first kappa shape index (κ1) is 17.9. The van der Waals surface area contributed by atoms with E-state index in [1.807, 2.05) is 66.0 Å². The van der Waals surface area contributed by atoms with Crippen molar-refractivity contribution in [2.24, 2.45) is 0 Å². The van der Waals surface area contributed by atoms with Crippen molar-refractivity contribution in [3.63, 3.8) is 0 Å². The fraction of sp³-hybridized carbons (Fsp3) is 0.100. The van der Waals surface area contributed by atoms with E-state index < -0.39 is 5.97 Å². The van der Waals surface area contributed by atoms with E-state index in [9.17, 15) is 4.79 Å². The molecular formula is C20H17N5O2S. The van der Waals surface area contributed by atoms with Crippen molar-refractivity contribution in [2.75, 3.05) is 5.32 Å². The molecule has 0 saturated carbocycles. The van der Waals surface area contributed by atoms with Gasteiger partial charge >= 0.3 is 5.97 Å². The van der Waals surface area contributed by atoms with Gasteiger partial charge in [0.25, 0.3) is 0 Å². The van der Waals surface area contributed by atoms with Crippen molar-refractivity contribution in [3.05, 3.63) is 89.2 Å². The second-order valence-corrected chi connectivity index (χ2v) is 6.86. The molecule has 0 aliphatic carbocycles. The standard InChI is InChI=1S/C20H17N5O2S/c26-19(18-12-25(24-23-18)11-15-7-3-1-4-8-15)27-13-17-14-28-20(22-17)21-16-9-5-2-6-10-16/h1-10,12,14H,11,13H2,(H,21,22). The number of esters is 1. The number of ether oxygens (including phenoxy) is 1. The first-order chi connectivity index (χ1) is 13.8. The second-order valence-electron chi connectivity index (χ2n) is 6.00. The Morgan fingerprint density at radius 2 is 1.82 bits per heavy atom. The van der Waals surface area contributed by atoms with Gasteiger partial charge in [0.1, 0.15) is 6.61 Å². The number of rotatable bonds is 7. The Bertz CT molecular complexity index is 1050. The number of nitrogens with zero attached hydrogens (tertiary/aromatic N) is 4. The van der Waals surface area contributed by atoms with Crippen LogP contribution in [0, 0.1) is 0 Å². The smallest absolute Gasteiger partial charge is 0.360 e. The summed E-state index contributed by atoms with van der Waals surface area (Å²) >= 11 is 1.45. The highest BCUT2D eigenvalue weighted by atomic mass is 32.1. The average Bonchev–Trinajstić information content (AvgIpc) is 3.37. The lowest BCUT2D eigenvalue weighted by atomic mass is 10.2. The molecule has 7 nitrogen and oxygen atoms in total. The molecule has 0 saturated heterocycles. The van der Waals surface area contributed by atoms with Crippen LogP contribution < -0.4 is 5.32 Å². The molecule has 4 aromatic rings. The highest BCUT2D eigenvalue weighted by Crippen LogP contribution is 2.21. The summed E-state index contributed by atoms with van der Waals surface area (Å²) in [6, 6.07) is 19.6. The Labute approximate surface area is 165 Å². The summed E-state index contributed by atoms with van der Waals surface area (Å²) in [5.41, 5.74) is 2.88. The molecule has 0 radical (unpaired) electrons. The largest absolute Gasteiger partial charge is 0.454 e. The third kappa shape index (κ3) is 4.60. The minimum atomic E-state index is -0.523. The van der Waals surface area contributed by atoms with Crippen LogP contribution in [-0.4, -0.2) is 25.9 Å². The highest BCUT2D eigenvalue weighted by molar-refractivity contribution is 7.13. The molecule has 28 heavy (non-hydrogen) atoms. The number of thiazole rings is 1. The van der Waals surface area contributed by atoms with Crippen LogP contribution in [0.4, 0.5) is 10.8 Å². The third-order valence-electron chi connectivity index (χ3n) is 3.86. The number of nitrogens with one attached hydrogen (secondary N) is 1. The van der Waals surface area contributed by atoms with Gasteiger partial charge in [-0.2, -0.15) is 0 Å².